The average molecular weight is 493 g/mol. The van der Waals surface area contributed by atoms with Crippen LogP contribution in [-0.2, 0) is 4.79 Å². The maximum absolute atomic E-state index is 13.2. The first-order valence-electron chi connectivity index (χ1n) is 13.3. The zero-order chi connectivity index (χ0) is 25.8. The summed E-state index contributed by atoms with van der Waals surface area (Å²) < 4.78 is 23.4. The van der Waals surface area contributed by atoms with E-state index < -0.39 is 0 Å². The molecule has 194 valence electrons. The molecule has 0 atom stereocenters. The molecule has 1 fully saturated rings. The third-order valence-corrected chi connectivity index (χ3v) is 5.97. The zero-order valence-corrected chi connectivity index (χ0v) is 22.2. The standard InChI is InChI=1S/C31H40O5/c1-5-9-17-35-27-15-11-23(21-29(27)33-7-3)19-25-13-14-26(31(25)32)20-24-12-16-28(36-18-10-6-2)30(22-24)34-8-4/h11-12,15-16,19-22H,5-10,13-14,17-18H2,1-4H3. The second-order valence-electron chi connectivity index (χ2n) is 8.85. The second-order valence-corrected chi connectivity index (χ2v) is 8.85. The molecule has 1 saturated carbocycles. The van der Waals surface area contributed by atoms with Crippen LogP contribution in [0.4, 0.5) is 0 Å². The van der Waals surface area contributed by atoms with Crippen LogP contribution >= 0.6 is 0 Å². The first-order chi connectivity index (χ1) is 17.6. The second kappa shape index (κ2) is 14.4. The monoisotopic (exact) mass is 492 g/mol. The number of ketones is 1. The number of hydrogen-bond donors (Lipinski definition) is 0. The molecule has 2 aromatic rings. The molecule has 0 aromatic heterocycles. The molecule has 1 aliphatic carbocycles. The molecule has 0 N–H and O–H groups in total. The van der Waals surface area contributed by atoms with Gasteiger partial charge in [0, 0.05) is 11.1 Å². The Bertz CT molecular complexity index is 983. The lowest BCUT2D eigenvalue weighted by Gasteiger charge is -2.12. The van der Waals surface area contributed by atoms with Crippen LogP contribution in [-0.4, -0.2) is 32.2 Å². The number of ether oxygens (including phenoxy) is 4. The predicted molar refractivity (Wildman–Crippen MR) is 146 cm³/mol. The number of carbonyl (C=O) groups excluding carboxylic acids is 1. The van der Waals surface area contributed by atoms with Gasteiger partial charge in [-0.3, -0.25) is 4.79 Å². The largest absolute Gasteiger partial charge is 0.490 e. The van der Waals surface area contributed by atoms with E-state index in [9.17, 15) is 4.79 Å². The van der Waals surface area contributed by atoms with Crippen molar-refractivity contribution in [1.82, 2.24) is 0 Å². The molecule has 5 nitrogen and oxygen atoms in total. The molecule has 0 heterocycles. The van der Waals surface area contributed by atoms with Gasteiger partial charge in [-0.15, -0.1) is 0 Å². The van der Waals surface area contributed by atoms with Crippen molar-refractivity contribution in [2.45, 2.75) is 66.2 Å². The molecule has 0 saturated heterocycles. The molecule has 0 radical (unpaired) electrons. The molecule has 1 aliphatic rings. The van der Waals surface area contributed by atoms with Crippen LogP contribution in [0, 0.1) is 0 Å². The van der Waals surface area contributed by atoms with Gasteiger partial charge in [0.05, 0.1) is 26.4 Å². The van der Waals surface area contributed by atoms with Crippen LogP contribution in [0.25, 0.3) is 12.2 Å². The van der Waals surface area contributed by atoms with Gasteiger partial charge in [-0.1, -0.05) is 38.8 Å². The molecule has 0 aliphatic heterocycles. The summed E-state index contributed by atoms with van der Waals surface area (Å²) in [7, 11) is 0. The van der Waals surface area contributed by atoms with Gasteiger partial charge in [-0.25, -0.2) is 0 Å². The fraction of sp³-hybridized carbons (Fsp3) is 0.452. The molecule has 0 unspecified atom stereocenters. The Hall–Kier alpha value is -3.21. The van der Waals surface area contributed by atoms with E-state index in [2.05, 4.69) is 13.8 Å². The molecular weight excluding hydrogens is 452 g/mol. The molecule has 0 amide bonds. The fourth-order valence-corrected chi connectivity index (χ4v) is 4.04. The lowest BCUT2D eigenvalue weighted by Crippen LogP contribution is -2.01. The number of benzene rings is 2. The summed E-state index contributed by atoms with van der Waals surface area (Å²) in [4.78, 5) is 13.2. The van der Waals surface area contributed by atoms with Crippen LogP contribution in [0.3, 0.4) is 0 Å². The number of rotatable bonds is 14. The highest BCUT2D eigenvalue weighted by molar-refractivity contribution is 6.15. The smallest absolute Gasteiger partial charge is 0.185 e. The lowest BCUT2D eigenvalue weighted by atomic mass is 10.1. The first-order valence-corrected chi connectivity index (χ1v) is 13.3. The van der Waals surface area contributed by atoms with Crippen molar-refractivity contribution in [3.8, 4) is 23.0 Å². The van der Waals surface area contributed by atoms with E-state index in [1.54, 1.807) is 0 Å². The molecule has 2 aromatic carbocycles. The van der Waals surface area contributed by atoms with Crippen LogP contribution in [0.15, 0.2) is 47.5 Å². The number of allylic oxidation sites excluding steroid dienone is 2. The highest BCUT2D eigenvalue weighted by atomic mass is 16.5. The summed E-state index contributed by atoms with van der Waals surface area (Å²) >= 11 is 0. The van der Waals surface area contributed by atoms with E-state index in [4.69, 9.17) is 18.9 Å². The molecular formula is C31H40O5. The van der Waals surface area contributed by atoms with Crippen LogP contribution in [0.5, 0.6) is 23.0 Å². The van der Waals surface area contributed by atoms with Crippen molar-refractivity contribution in [2.75, 3.05) is 26.4 Å². The van der Waals surface area contributed by atoms with Crippen molar-refractivity contribution in [3.63, 3.8) is 0 Å². The third kappa shape index (κ3) is 7.64. The Morgan fingerprint density at radius 3 is 1.47 bits per heavy atom. The van der Waals surface area contributed by atoms with Gasteiger partial charge in [-0.05, 0) is 87.1 Å². The number of Topliss-reactive ketones (excluding diaryl/α,β-unsaturated/α-hetero) is 1. The summed E-state index contributed by atoms with van der Waals surface area (Å²) in [5, 5.41) is 0. The lowest BCUT2D eigenvalue weighted by molar-refractivity contribution is -0.111. The summed E-state index contributed by atoms with van der Waals surface area (Å²) in [5.74, 6) is 3.02. The predicted octanol–water partition coefficient (Wildman–Crippen LogP) is 7.67. The van der Waals surface area contributed by atoms with E-state index in [-0.39, 0.29) is 5.78 Å². The highest BCUT2D eigenvalue weighted by Crippen LogP contribution is 2.34. The quantitative estimate of drug-likeness (QED) is 0.200. The van der Waals surface area contributed by atoms with Crippen LogP contribution < -0.4 is 18.9 Å². The van der Waals surface area contributed by atoms with Gasteiger partial charge in [0.2, 0.25) is 0 Å². The number of unbranched alkanes of at least 4 members (excludes halogenated alkanes) is 2. The number of hydrogen-bond acceptors (Lipinski definition) is 5. The molecule has 5 heteroatoms. The topological polar surface area (TPSA) is 54.0 Å². The number of carbonyl (C=O) groups is 1. The maximum atomic E-state index is 13.2. The van der Waals surface area contributed by atoms with Crippen LogP contribution in [0.1, 0.15) is 77.3 Å². The Balaban J connectivity index is 1.76. The van der Waals surface area contributed by atoms with Crippen molar-refractivity contribution in [1.29, 1.82) is 0 Å². The molecule has 36 heavy (non-hydrogen) atoms. The van der Waals surface area contributed by atoms with Gasteiger partial charge in [0.25, 0.3) is 0 Å². The van der Waals surface area contributed by atoms with Crippen molar-refractivity contribution in [2.24, 2.45) is 0 Å². The minimum absolute atomic E-state index is 0.0949. The Morgan fingerprint density at radius 1 is 0.639 bits per heavy atom. The van der Waals surface area contributed by atoms with E-state index in [1.165, 1.54) is 0 Å². The Kier molecular flexibility index (Phi) is 10.9. The van der Waals surface area contributed by atoms with Gasteiger partial charge in [0.15, 0.2) is 28.8 Å². The first kappa shape index (κ1) is 27.4. The molecule has 0 bridgehead atoms. The van der Waals surface area contributed by atoms with Crippen molar-refractivity contribution < 1.29 is 23.7 Å². The van der Waals surface area contributed by atoms with Crippen molar-refractivity contribution >= 4 is 17.9 Å². The normalized spacial score (nSPS) is 15.5. The van der Waals surface area contributed by atoms with E-state index >= 15 is 0 Å². The van der Waals surface area contributed by atoms with Crippen LogP contribution in [0.2, 0.25) is 0 Å². The Morgan fingerprint density at radius 2 is 1.08 bits per heavy atom. The maximum Gasteiger partial charge on any atom is 0.185 e. The summed E-state index contributed by atoms with van der Waals surface area (Å²) in [5.41, 5.74) is 3.51. The highest BCUT2D eigenvalue weighted by Gasteiger charge is 2.23. The summed E-state index contributed by atoms with van der Waals surface area (Å²) in [6, 6.07) is 11.7. The Labute approximate surface area is 216 Å². The molecule has 0 spiro atoms. The minimum Gasteiger partial charge on any atom is -0.490 e. The third-order valence-electron chi connectivity index (χ3n) is 5.97. The summed E-state index contributed by atoms with van der Waals surface area (Å²) in [6.07, 6.45) is 9.55. The van der Waals surface area contributed by atoms with E-state index in [0.29, 0.717) is 37.9 Å². The van der Waals surface area contributed by atoms with Crippen molar-refractivity contribution in [3.05, 3.63) is 58.7 Å². The molecule has 3 rings (SSSR count). The fourth-order valence-electron chi connectivity index (χ4n) is 4.04. The van der Waals surface area contributed by atoms with Gasteiger partial charge in [0.1, 0.15) is 0 Å². The minimum atomic E-state index is 0.0949. The van der Waals surface area contributed by atoms with Gasteiger partial charge in [-0.2, -0.15) is 0 Å². The van der Waals surface area contributed by atoms with E-state index in [1.807, 2.05) is 62.4 Å². The summed E-state index contributed by atoms with van der Waals surface area (Å²) in [6.45, 7) is 10.6. The average Bonchev–Trinajstić information content (AvgIpc) is 3.21. The van der Waals surface area contributed by atoms with Gasteiger partial charge >= 0.3 is 0 Å². The van der Waals surface area contributed by atoms with E-state index in [0.717, 1.165) is 72.3 Å². The SMILES string of the molecule is CCCCOc1ccc(C=C2CCC(=Cc3ccc(OCCCC)c(OCC)c3)C2=O)cc1OCC. The zero-order valence-electron chi connectivity index (χ0n) is 22.2. The van der Waals surface area contributed by atoms with Gasteiger partial charge < -0.3 is 18.9 Å².